The Hall–Kier alpha value is -2.09. The molecule has 0 aliphatic heterocycles. The molecule has 0 spiro atoms. The zero-order valence-electron chi connectivity index (χ0n) is 11.1. The molecule has 0 aromatic rings. The van der Waals surface area contributed by atoms with Crippen LogP contribution >= 0.6 is 0 Å². The van der Waals surface area contributed by atoms with Crippen molar-refractivity contribution in [1.82, 2.24) is 0 Å². The Balaban J connectivity index is -0.0000000245. The zero-order chi connectivity index (χ0) is 21.5. The van der Waals surface area contributed by atoms with Gasteiger partial charge in [0.2, 0.25) is 0 Å². The number of hydrogen-bond acceptors (Lipinski definition) is 18. The fraction of sp³-hybridized carbons (Fsp3) is 0. The van der Waals surface area contributed by atoms with Crippen LogP contribution < -0.4 is 0 Å². The van der Waals surface area contributed by atoms with Crippen LogP contribution in [-0.2, 0) is 0 Å². The number of nitrogens with zero attached hydrogens (tertiary/aromatic N) is 6. The summed E-state index contributed by atoms with van der Waals surface area (Å²) in [6, 6.07) is 0. The normalized spacial score (nSPS) is 5.54. The Kier molecular flexibility index (Phi) is 82.9. The molecule has 0 heterocycles. The van der Waals surface area contributed by atoms with Crippen LogP contribution in [0.15, 0.2) is 0 Å². The minimum absolute atomic E-state index is 0. The molecule has 0 atom stereocenters. The van der Waals surface area contributed by atoms with Crippen molar-refractivity contribution in [2.75, 3.05) is 0 Å². The summed E-state index contributed by atoms with van der Waals surface area (Å²) in [7, 11) is 0. The van der Waals surface area contributed by atoms with E-state index >= 15 is 0 Å². The Morgan fingerprint density at radius 1 is 0.308 bits per heavy atom. The molecule has 0 saturated heterocycles. The summed E-state index contributed by atoms with van der Waals surface area (Å²) < 4.78 is 0. The molecule has 145 valence electrons. The average molecular weight is 657 g/mol. The van der Waals surface area contributed by atoms with E-state index in [0.29, 0.717) is 0 Å². The third kappa shape index (κ3) is 2200. The maximum absolute atomic E-state index is 8.25. The fourth-order valence-electron chi connectivity index (χ4n) is 0. The van der Waals surface area contributed by atoms with E-state index in [1.807, 2.05) is 0 Å². The van der Waals surface area contributed by atoms with Crippen molar-refractivity contribution in [1.29, 1.82) is 0 Å². The molecular formula is N6NdO18Pr. The molecule has 0 aliphatic carbocycles. The van der Waals surface area contributed by atoms with E-state index in [2.05, 4.69) is 0 Å². The molecule has 24 nitrogen and oxygen atoms in total. The van der Waals surface area contributed by atoms with E-state index in [4.69, 9.17) is 91.9 Å². The Morgan fingerprint density at radius 2 is 0.308 bits per heavy atom. The molecule has 0 aromatic heterocycles. The first-order valence-electron chi connectivity index (χ1n) is 3.29. The van der Waals surface area contributed by atoms with Crippen molar-refractivity contribution in [3.63, 3.8) is 0 Å². The van der Waals surface area contributed by atoms with Gasteiger partial charge in [-0.2, -0.15) is 0 Å². The zero-order valence-corrected chi connectivity index (χ0v) is 18.0. The molecule has 0 N–H and O–H groups in total. The minimum Gasteiger partial charge on any atom is -0.356 e. The second-order valence-corrected chi connectivity index (χ2v) is 1.34. The van der Waals surface area contributed by atoms with E-state index < -0.39 is 30.5 Å². The van der Waals surface area contributed by atoms with Crippen LogP contribution in [0.4, 0.5) is 0 Å². The van der Waals surface area contributed by atoms with Crippen molar-refractivity contribution < 1.29 is 113 Å². The van der Waals surface area contributed by atoms with E-state index in [9.17, 15) is 0 Å². The standard InChI is InChI=1S/6NO3.Nd.Pr/c6*2-1(3)4;;/q6*-1;2*+3. The van der Waals surface area contributed by atoms with E-state index in [1.54, 1.807) is 0 Å². The molecule has 0 amide bonds. The molecule has 0 unspecified atom stereocenters. The van der Waals surface area contributed by atoms with Gasteiger partial charge in [0.05, 0.1) is 30.5 Å². The first-order chi connectivity index (χ1) is 10.4. The van der Waals surface area contributed by atoms with E-state index in [1.165, 1.54) is 0 Å². The predicted molar refractivity (Wildman–Crippen MR) is 62.2 cm³/mol. The Morgan fingerprint density at radius 3 is 0.308 bits per heavy atom. The maximum atomic E-state index is 8.25. The second kappa shape index (κ2) is 43.4. The quantitative estimate of drug-likeness (QED) is 0.213. The summed E-state index contributed by atoms with van der Waals surface area (Å²) in [6.07, 6.45) is 0. The summed E-state index contributed by atoms with van der Waals surface area (Å²) in [5.74, 6) is 0. The third-order valence-corrected chi connectivity index (χ3v) is 0. The molecule has 0 fully saturated rings. The average Bonchev–Trinajstić information content (AvgIpc) is 2.08. The number of rotatable bonds is 0. The van der Waals surface area contributed by atoms with Crippen LogP contribution in [0, 0.1) is 174 Å². The van der Waals surface area contributed by atoms with Crippen LogP contribution in [0.1, 0.15) is 0 Å². The molecule has 0 rings (SSSR count). The molecule has 0 aromatic carbocycles. The first kappa shape index (κ1) is 49.6. The summed E-state index contributed by atoms with van der Waals surface area (Å²) in [4.78, 5) is 49.5. The summed E-state index contributed by atoms with van der Waals surface area (Å²) >= 11 is 0. The molecule has 26 heteroatoms. The smallest absolute Gasteiger partial charge is 0.356 e. The van der Waals surface area contributed by atoms with Crippen molar-refractivity contribution in [3.05, 3.63) is 91.9 Å². The van der Waals surface area contributed by atoms with Crippen molar-refractivity contribution in [3.8, 4) is 0 Å². The van der Waals surface area contributed by atoms with Gasteiger partial charge in [0.1, 0.15) is 0 Å². The first-order valence-corrected chi connectivity index (χ1v) is 3.29. The van der Waals surface area contributed by atoms with E-state index in [-0.39, 0.29) is 82.1 Å². The van der Waals surface area contributed by atoms with Gasteiger partial charge in [0, 0.05) is 0 Å². The van der Waals surface area contributed by atoms with Crippen molar-refractivity contribution in [2.45, 2.75) is 0 Å². The van der Waals surface area contributed by atoms with Gasteiger partial charge in [-0.05, 0) is 0 Å². The van der Waals surface area contributed by atoms with Crippen LogP contribution in [-0.4, -0.2) is 30.5 Å². The second-order valence-electron chi connectivity index (χ2n) is 1.34. The molecule has 1 radical (unpaired) electrons. The van der Waals surface area contributed by atoms with Gasteiger partial charge in [0.15, 0.2) is 0 Å². The van der Waals surface area contributed by atoms with E-state index in [0.717, 1.165) is 0 Å². The summed E-state index contributed by atoms with van der Waals surface area (Å²) in [5, 5.41) is 88.5. The van der Waals surface area contributed by atoms with Crippen LogP contribution in [0.5, 0.6) is 0 Å². The van der Waals surface area contributed by atoms with Crippen LogP contribution in [0.2, 0.25) is 0 Å². The Labute approximate surface area is 202 Å². The monoisotopic (exact) mass is 655 g/mol. The molecule has 0 saturated carbocycles. The third-order valence-electron chi connectivity index (χ3n) is 0. The van der Waals surface area contributed by atoms with Gasteiger partial charge in [-0.25, -0.2) is 0 Å². The van der Waals surface area contributed by atoms with Crippen LogP contribution in [0.25, 0.3) is 0 Å². The fourth-order valence-corrected chi connectivity index (χ4v) is 0. The maximum Gasteiger partial charge on any atom is 3.00 e. The van der Waals surface area contributed by atoms with Gasteiger partial charge in [-0.1, -0.05) is 0 Å². The van der Waals surface area contributed by atoms with Gasteiger partial charge >= 0.3 is 82.1 Å². The topological polar surface area (TPSA) is 397 Å². The molecule has 0 aliphatic rings. The van der Waals surface area contributed by atoms with Crippen molar-refractivity contribution in [2.24, 2.45) is 0 Å². The summed E-state index contributed by atoms with van der Waals surface area (Å²) in [6.45, 7) is 0. The van der Waals surface area contributed by atoms with Gasteiger partial charge in [0.25, 0.3) is 0 Å². The van der Waals surface area contributed by atoms with Crippen molar-refractivity contribution >= 4 is 0 Å². The largest absolute Gasteiger partial charge is 3.00 e. The number of hydrogen-bond donors (Lipinski definition) is 0. The minimum atomic E-state index is -1.75. The van der Waals surface area contributed by atoms with Crippen LogP contribution in [0.3, 0.4) is 0 Å². The molecule has 0 bridgehead atoms. The summed E-state index contributed by atoms with van der Waals surface area (Å²) in [5.41, 5.74) is 0. The predicted octanol–water partition coefficient (Wildman–Crippen LogP) is -1.43. The van der Waals surface area contributed by atoms with Gasteiger partial charge < -0.3 is 91.9 Å². The molecular weight excluding hydrogens is 657 g/mol. The van der Waals surface area contributed by atoms with Gasteiger partial charge in [-0.3, -0.25) is 0 Å². The molecule has 26 heavy (non-hydrogen) atoms. The SMILES string of the molecule is O=[N+]([O-])[O-].O=[N+]([O-])[O-].O=[N+]([O-])[O-].O=[N+]([O-])[O-].O=[N+]([O-])[O-].O=[N+]([O-])[O-].[Nd+3].[Pr+3]. The Bertz CT molecular complexity index is 263. The van der Waals surface area contributed by atoms with Gasteiger partial charge in [-0.15, -0.1) is 0 Å².